The Hall–Kier alpha value is -0.520. The summed E-state index contributed by atoms with van der Waals surface area (Å²) >= 11 is 0. The zero-order chi connectivity index (χ0) is 26.9. The minimum absolute atomic E-state index is 0. The van der Waals surface area contributed by atoms with Crippen LogP contribution in [0.15, 0.2) is 0 Å². The van der Waals surface area contributed by atoms with Gasteiger partial charge in [0.15, 0.2) is 0 Å². The van der Waals surface area contributed by atoms with Crippen LogP contribution < -0.4 is 10.6 Å². The maximum Gasteiger partial charge on any atom is 0.407 e. The Balaban J connectivity index is 0.000000505. The van der Waals surface area contributed by atoms with E-state index >= 15 is 0 Å². The molecule has 0 aromatic heterocycles. The Kier molecular flexibility index (Phi) is 19.0. The number of likely N-dealkylation sites (tertiary alicyclic amines) is 1. The summed E-state index contributed by atoms with van der Waals surface area (Å²) in [6, 6.07) is 0.277. The van der Waals surface area contributed by atoms with Gasteiger partial charge >= 0.3 is 6.09 Å². The molecule has 5 nitrogen and oxygen atoms in total. The van der Waals surface area contributed by atoms with Crippen molar-refractivity contribution in [2.45, 2.75) is 149 Å². The average Bonchev–Trinajstić information content (AvgIpc) is 2.86. The largest absolute Gasteiger partial charge is 0.444 e. The molecule has 226 valence electrons. The molecule has 0 spiro atoms. The smallest absolute Gasteiger partial charge is 0.407 e. The van der Waals surface area contributed by atoms with Gasteiger partial charge in [-0.25, -0.2) is 4.79 Å². The van der Waals surface area contributed by atoms with E-state index < -0.39 is 5.60 Å². The van der Waals surface area contributed by atoms with Gasteiger partial charge in [0.05, 0.1) is 0 Å². The van der Waals surface area contributed by atoms with Crippen LogP contribution in [0.1, 0.15) is 137 Å². The molecule has 3 fully saturated rings. The summed E-state index contributed by atoms with van der Waals surface area (Å²) in [6.45, 7) is 16.5. The number of piperidine rings is 2. The molecule has 0 aromatic carbocycles. The van der Waals surface area contributed by atoms with E-state index in [1.165, 1.54) is 122 Å². The second kappa shape index (κ2) is 20.4. The average molecular weight is 558 g/mol. The number of carbonyl (C=O) groups is 1. The van der Waals surface area contributed by atoms with Crippen LogP contribution in [0, 0.1) is 17.8 Å². The molecule has 38 heavy (non-hydrogen) atoms. The maximum atomic E-state index is 12.2. The first kappa shape index (κ1) is 35.5. The number of nitrogens with zero attached hydrogens (tertiary/aromatic N) is 1. The molecule has 2 N–H and O–H groups in total. The number of hydrogen-bond acceptors (Lipinski definition) is 4. The Morgan fingerprint density at radius 2 is 1.55 bits per heavy atom. The van der Waals surface area contributed by atoms with Crippen LogP contribution in [0.2, 0.25) is 0 Å². The van der Waals surface area contributed by atoms with Crippen LogP contribution in [0.5, 0.6) is 0 Å². The van der Waals surface area contributed by atoms with Gasteiger partial charge in [-0.3, -0.25) is 0 Å². The van der Waals surface area contributed by atoms with E-state index in [2.05, 4.69) is 29.4 Å². The van der Waals surface area contributed by atoms with Gasteiger partial charge in [-0.05, 0) is 110 Å². The molecule has 2 saturated heterocycles. The summed E-state index contributed by atoms with van der Waals surface area (Å²) in [5.41, 5.74) is -0.424. The van der Waals surface area contributed by atoms with Crippen molar-refractivity contribution in [3.8, 4) is 0 Å². The lowest BCUT2D eigenvalue weighted by Gasteiger charge is -2.39. The van der Waals surface area contributed by atoms with E-state index in [0.717, 1.165) is 24.8 Å². The Morgan fingerprint density at radius 3 is 2.18 bits per heavy atom. The molecule has 1 amide bonds. The van der Waals surface area contributed by atoms with Crippen molar-refractivity contribution >= 4 is 18.5 Å². The summed E-state index contributed by atoms with van der Waals surface area (Å²) in [4.78, 5) is 14.9. The summed E-state index contributed by atoms with van der Waals surface area (Å²) in [6.07, 6.45) is 21.4. The Bertz CT molecular complexity index is 592. The number of hydrogen-bond donors (Lipinski definition) is 2. The lowest BCUT2D eigenvalue weighted by Crippen LogP contribution is -2.49. The van der Waals surface area contributed by atoms with Crippen molar-refractivity contribution < 1.29 is 9.53 Å². The van der Waals surface area contributed by atoms with E-state index in [1.807, 2.05) is 20.8 Å². The molecule has 2 unspecified atom stereocenters. The summed E-state index contributed by atoms with van der Waals surface area (Å²) < 4.78 is 5.49. The Morgan fingerprint density at radius 1 is 0.895 bits per heavy atom. The highest BCUT2D eigenvalue weighted by molar-refractivity contribution is 5.85. The molecule has 2 heterocycles. The Labute approximate surface area is 242 Å². The maximum absolute atomic E-state index is 12.2. The number of unbranched alkanes of at least 4 members (excludes halogenated alkanes) is 4. The van der Waals surface area contributed by atoms with Crippen molar-refractivity contribution in [3.63, 3.8) is 0 Å². The van der Waals surface area contributed by atoms with Crippen LogP contribution in [-0.2, 0) is 4.74 Å². The van der Waals surface area contributed by atoms with E-state index in [-0.39, 0.29) is 24.5 Å². The highest BCUT2D eigenvalue weighted by Gasteiger charge is 2.31. The third kappa shape index (κ3) is 15.9. The van der Waals surface area contributed by atoms with Crippen LogP contribution in [-0.4, -0.2) is 55.4 Å². The lowest BCUT2D eigenvalue weighted by molar-refractivity contribution is 0.0443. The van der Waals surface area contributed by atoms with Crippen LogP contribution >= 0.6 is 12.4 Å². The van der Waals surface area contributed by atoms with Gasteiger partial charge in [0.25, 0.3) is 0 Å². The van der Waals surface area contributed by atoms with Gasteiger partial charge in [0.2, 0.25) is 0 Å². The number of nitrogens with one attached hydrogen (secondary N) is 2. The van der Waals surface area contributed by atoms with Crippen molar-refractivity contribution in [3.05, 3.63) is 0 Å². The van der Waals surface area contributed by atoms with Crippen molar-refractivity contribution in [1.29, 1.82) is 0 Å². The van der Waals surface area contributed by atoms with Gasteiger partial charge in [-0.2, -0.15) is 0 Å². The van der Waals surface area contributed by atoms with Crippen LogP contribution in [0.4, 0.5) is 4.79 Å². The third-order valence-corrected chi connectivity index (χ3v) is 8.54. The van der Waals surface area contributed by atoms with Gasteiger partial charge in [-0.15, -0.1) is 12.4 Å². The van der Waals surface area contributed by atoms with Gasteiger partial charge in [-0.1, -0.05) is 65.2 Å². The molecule has 3 aliphatic rings. The van der Waals surface area contributed by atoms with Gasteiger partial charge < -0.3 is 20.3 Å². The van der Waals surface area contributed by atoms with Crippen molar-refractivity contribution in [2.75, 3.05) is 32.7 Å². The minimum Gasteiger partial charge on any atom is -0.444 e. The fraction of sp³-hybridized carbons (Fsp3) is 0.969. The fourth-order valence-electron chi connectivity index (χ4n) is 6.50. The number of amides is 1. The molecule has 0 radical (unpaired) electrons. The standard InChI is InChI=1S/C22H42N2O2.C10H21N.ClH/c1-5-6-7-11-18-12-10-15-24(16-18)17-19-13-8-9-14-20(19)23-21(25)26-22(2,3)4;1-2-3-4-6-10-7-5-8-11-9-10;/h18-20H,5-17H2,1-4H3,(H,23,25);10-11H,2-9H2,1H3;1H/t18?,19-,20+;;/m0../s1. The first-order valence-corrected chi connectivity index (χ1v) is 16.2. The molecular formula is C32H64ClN3O2. The number of rotatable bonds is 11. The lowest BCUT2D eigenvalue weighted by atomic mass is 9.83. The van der Waals surface area contributed by atoms with Crippen LogP contribution in [0.25, 0.3) is 0 Å². The zero-order valence-corrected chi connectivity index (χ0v) is 26.6. The van der Waals surface area contributed by atoms with Gasteiger partial charge in [0.1, 0.15) is 5.60 Å². The molecule has 2 aliphatic heterocycles. The first-order chi connectivity index (χ1) is 17.8. The van der Waals surface area contributed by atoms with E-state index in [1.54, 1.807) is 0 Å². The third-order valence-electron chi connectivity index (χ3n) is 8.54. The molecule has 3 rings (SSSR count). The molecule has 6 heteroatoms. The van der Waals surface area contributed by atoms with Crippen molar-refractivity contribution in [1.82, 2.24) is 15.5 Å². The topological polar surface area (TPSA) is 53.6 Å². The molecule has 0 aromatic rings. The fourth-order valence-corrected chi connectivity index (χ4v) is 6.50. The second-order valence-corrected chi connectivity index (χ2v) is 13.3. The predicted molar refractivity (Wildman–Crippen MR) is 165 cm³/mol. The monoisotopic (exact) mass is 557 g/mol. The normalized spacial score (nSPS) is 26.4. The van der Waals surface area contributed by atoms with Crippen LogP contribution in [0.3, 0.4) is 0 Å². The second-order valence-electron chi connectivity index (χ2n) is 13.3. The van der Waals surface area contributed by atoms with E-state index in [9.17, 15) is 4.79 Å². The SMILES string of the molecule is CCCCCC1CCCN(C[C@@H]2CCCC[C@H]2NC(=O)OC(C)(C)C)C1.CCCCCC1CCCNC1.Cl. The molecule has 1 aliphatic carbocycles. The number of ether oxygens (including phenoxy) is 1. The molecule has 0 bridgehead atoms. The molecule has 4 atom stereocenters. The minimum atomic E-state index is -0.424. The summed E-state index contributed by atoms with van der Waals surface area (Å²) in [7, 11) is 0. The number of alkyl carbamates (subject to hydrolysis) is 1. The van der Waals surface area contributed by atoms with Gasteiger partial charge in [0, 0.05) is 19.1 Å². The molecular weight excluding hydrogens is 494 g/mol. The van der Waals surface area contributed by atoms with E-state index in [0.29, 0.717) is 5.92 Å². The highest BCUT2D eigenvalue weighted by Crippen LogP contribution is 2.29. The van der Waals surface area contributed by atoms with E-state index in [4.69, 9.17) is 4.74 Å². The summed E-state index contributed by atoms with van der Waals surface area (Å²) in [5.74, 6) is 2.46. The summed E-state index contributed by atoms with van der Waals surface area (Å²) in [5, 5.41) is 6.64. The number of halogens is 1. The predicted octanol–water partition coefficient (Wildman–Crippen LogP) is 8.35. The van der Waals surface area contributed by atoms with Crippen molar-refractivity contribution in [2.24, 2.45) is 17.8 Å². The zero-order valence-electron chi connectivity index (χ0n) is 25.8. The number of carbonyl (C=O) groups excluding carboxylic acids is 1. The highest BCUT2D eigenvalue weighted by atomic mass is 35.5. The first-order valence-electron chi connectivity index (χ1n) is 16.2. The molecule has 1 saturated carbocycles. The quantitative estimate of drug-likeness (QED) is 0.250.